The molecule has 0 bridgehead atoms. The van der Waals surface area contributed by atoms with Crippen LogP contribution in [0.4, 0.5) is 11.4 Å². The van der Waals surface area contributed by atoms with Crippen molar-refractivity contribution in [3.05, 3.63) is 60.2 Å². The summed E-state index contributed by atoms with van der Waals surface area (Å²) in [4.78, 5) is 25.8. The monoisotopic (exact) mass is 322 g/mol. The van der Waals surface area contributed by atoms with Gasteiger partial charge in [-0.2, -0.15) is 0 Å². The van der Waals surface area contributed by atoms with E-state index in [0.29, 0.717) is 12.8 Å². The second-order valence-electron chi connectivity index (χ2n) is 6.26. The highest BCUT2D eigenvalue weighted by atomic mass is 16.2. The van der Waals surface area contributed by atoms with Crippen LogP contribution in [0.25, 0.3) is 0 Å². The van der Waals surface area contributed by atoms with Crippen LogP contribution in [0.5, 0.6) is 0 Å². The third kappa shape index (κ3) is 3.82. The molecule has 1 N–H and O–H groups in total. The van der Waals surface area contributed by atoms with Gasteiger partial charge in [-0.1, -0.05) is 37.3 Å². The van der Waals surface area contributed by atoms with Gasteiger partial charge in [-0.05, 0) is 42.2 Å². The van der Waals surface area contributed by atoms with Crippen molar-refractivity contribution in [1.29, 1.82) is 0 Å². The number of nitrogens with zero attached hydrogens (tertiary/aromatic N) is 1. The highest BCUT2D eigenvalue weighted by Crippen LogP contribution is 2.24. The number of benzene rings is 2. The van der Waals surface area contributed by atoms with E-state index in [9.17, 15) is 9.59 Å². The molecule has 0 spiro atoms. The van der Waals surface area contributed by atoms with Crippen LogP contribution in [0, 0.1) is 0 Å². The van der Waals surface area contributed by atoms with Crippen molar-refractivity contribution in [2.45, 2.75) is 32.1 Å². The number of rotatable bonds is 5. The molecule has 1 aliphatic rings. The SMILES string of the molecule is CC(CC(=O)Nc1ccc(N2CCCC2=O)cc1)c1ccccc1. The molecule has 0 aliphatic carbocycles. The number of carbonyl (C=O) groups is 2. The normalized spacial score (nSPS) is 15.4. The summed E-state index contributed by atoms with van der Waals surface area (Å²) in [6.07, 6.45) is 1.97. The molecule has 2 amide bonds. The molecule has 4 heteroatoms. The zero-order valence-corrected chi connectivity index (χ0v) is 13.9. The Morgan fingerprint density at radius 2 is 1.83 bits per heavy atom. The summed E-state index contributed by atoms with van der Waals surface area (Å²) in [6.45, 7) is 2.83. The van der Waals surface area contributed by atoms with Gasteiger partial charge < -0.3 is 10.2 Å². The molecule has 1 aliphatic heterocycles. The number of nitrogens with one attached hydrogen (secondary N) is 1. The molecule has 0 saturated carbocycles. The molecule has 2 aromatic rings. The molecule has 0 aromatic heterocycles. The first-order valence-corrected chi connectivity index (χ1v) is 8.39. The lowest BCUT2D eigenvalue weighted by atomic mass is 9.97. The maximum absolute atomic E-state index is 12.2. The van der Waals surface area contributed by atoms with E-state index in [4.69, 9.17) is 0 Å². The summed E-state index contributed by atoms with van der Waals surface area (Å²) in [7, 11) is 0. The van der Waals surface area contributed by atoms with Crippen molar-refractivity contribution >= 4 is 23.2 Å². The van der Waals surface area contributed by atoms with Crippen LogP contribution in [-0.2, 0) is 9.59 Å². The Morgan fingerprint density at radius 3 is 2.46 bits per heavy atom. The van der Waals surface area contributed by atoms with Crippen LogP contribution in [0.3, 0.4) is 0 Å². The van der Waals surface area contributed by atoms with Crippen molar-refractivity contribution in [3.63, 3.8) is 0 Å². The summed E-state index contributed by atoms with van der Waals surface area (Å²) in [5.74, 6) is 0.340. The molecule has 1 saturated heterocycles. The molecule has 24 heavy (non-hydrogen) atoms. The molecular formula is C20H22N2O2. The fourth-order valence-electron chi connectivity index (χ4n) is 3.04. The summed E-state index contributed by atoms with van der Waals surface area (Å²) >= 11 is 0. The van der Waals surface area contributed by atoms with Gasteiger partial charge in [-0.3, -0.25) is 9.59 Å². The highest BCUT2D eigenvalue weighted by molar-refractivity contribution is 5.96. The molecule has 124 valence electrons. The fraction of sp³-hybridized carbons (Fsp3) is 0.300. The lowest BCUT2D eigenvalue weighted by molar-refractivity contribution is -0.117. The van der Waals surface area contributed by atoms with E-state index in [0.717, 1.165) is 29.9 Å². The van der Waals surface area contributed by atoms with Crippen molar-refractivity contribution < 1.29 is 9.59 Å². The summed E-state index contributed by atoms with van der Waals surface area (Å²) in [5.41, 5.74) is 2.82. The van der Waals surface area contributed by atoms with Crippen LogP contribution in [0.1, 0.15) is 37.7 Å². The molecule has 4 nitrogen and oxygen atoms in total. The summed E-state index contributed by atoms with van der Waals surface area (Å²) in [6, 6.07) is 17.5. The van der Waals surface area contributed by atoms with Gasteiger partial charge in [0.25, 0.3) is 0 Å². The van der Waals surface area contributed by atoms with Gasteiger partial charge in [0.05, 0.1) is 0 Å². The summed E-state index contributed by atoms with van der Waals surface area (Å²) in [5, 5.41) is 2.93. The van der Waals surface area contributed by atoms with Gasteiger partial charge >= 0.3 is 0 Å². The topological polar surface area (TPSA) is 49.4 Å². The minimum atomic E-state index is -0.00338. The molecule has 0 radical (unpaired) electrons. The lowest BCUT2D eigenvalue weighted by Crippen LogP contribution is -2.23. The first kappa shape index (κ1) is 16.2. The predicted molar refractivity (Wildman–Crippen MR) is 96.1 cm³/mol. The van der Waals surface area contributed by atoms with E-state index < -0.39 is 0 Å². The Labute approximate surface area is 142 Å². The summed E-state index contributed by atoms with van der Waals surface area (Å²) < 4.78 is 0. The maximum Gasteiger partial charge on any atom is 0.227 e. The standard InChI is InChI=1S/C20H22N2O2/c1-15(16-6-3-2-4-7-16)14-19(23)21-17-9-11-18(12-10-17)22-13-5-8-20(22)24/h2-4,6-7,9-12,15H,5,8,13-14H2,1H3,(H,21,23). The third-order valence-electron chi connectivity index (χ3n) is 4.40. The minimum absolute atomic E-state index is 0.00338. The molecule has 3 rings (SSSR count). The van der Waals surface area contributed by atoms with Crippen LogP contribution >= 0.6 is 0 Å². The number of carbonyl (C=O) groups excluding carboxylic acids is 2. The molecule has 2 aromatic carbocycles. The Balaban J connectivity index is 1.57. The zero-order chi connectivity index (χ0) is 16.9. The number of anilines is 2. The molecule has 1 unspecified atom stereocenters. The Bertz CT molecular complexity index is 710. The van der Waals surface area contributed by atoms with Crippen LogP contribution in [0.15, 0.2) is 54.6 Å². The van der Waals surface area contributed by atoms with E-state index in [-0.39, 0.29) is 17.7 Å². The third-order valence-corrected chi connectivity index (χ3v) is 4.40. The zero-order valence-electron chi connectivity index (χ0n) is 13.9. The smallest absolute Gasteiger partial charge is 0.227 e. The van der Waals surface area contributed by atoms with E-state index in [1.54, 1.807) is 4.90 Å². The lowest BCUT2D eigenvalue weighted by Gasteiger charge is -2.16. The van der Waals surface area contributed by atoms with Crippen LogP contribution in [0.2, 0.25) is 0 Å². The first-order valence-electron chi connectivity index (χ1n) is 8.39. The van der Waals surface area contributed by atoms with E-state index >= 15 is 0 Å². The first-order chi connectivity index (χ1) is 11.6. The Kier molecular flexibility index (Phi) is 4.94. The average Bonchev–Trinajstić information content (AvgIpc) is 3.02. The van der Waals surface area contributed by atoms with Crippen molar-refractivity contribution in [1.82, 2.24) is 0 Å². The van der Waals surface area contributed by atoms with Gasteiger partial charge in [0.15, 0.2) is 0 Å². The van der Waals surface area contributed by atoms with Gasteiger partial charge in [-0.15, -0.1) is 0 Å². The second kappa shape index (κ2) is 7.30. The average molecular weight is 322 g/mol. The van der Waals surface area contributed by atoms with Gasteiger partial charge in [0.1, 0.15) is 0 Å². The fourth-order valence-corrected chi connectivity index (χ4v) is 3.04. The number of hydrogen-bond donors (Lipinski definition) is 1. The second-order valence-corrected chi connectivity index (χ2v) is 6.26. The Hall–Kier alpha value is -2.62. The van der Waals surface area contributed by atoms with E-state index in [1.807, 2.05) is 54.6 Å². The predicted octanol–water partition coefficient (Wildman–Crippen LogP) is 3.95. The minimum Gasteiger partial charge on any atom is -0.326 e. The highest BCUT2D eigenvalue weighted by Gasteiger charge is 2.21. The maximum atomic E-state index is 12.2. The van der Waals surface area contributed by atoms with Gasteiger partial charge in [0, 0.05) is 30.8 Å². The van der Waals surface area contributed by atoms with Gasteiger partial charge in [0.2, 0.25) is 11.8 Å². The van der Waals surface area contributed by atoms with Gasteiger partial charge in [-0.25, -0.2) is 0 Å². The quantitative estimate of drug-likeness (QED) is 0.906. The molecule has 1 heterocycles. The number of hydrogen-bond acceptors (Lipinski definition) is 2. The van der Waals surface area contributed by atoms with E-state index in [1.165, 1.54) is 0 Å². The Morgan fingerprint density at radius 1 is 1.12 bits per heavy atom. The van der Waals surface area contributed by atoms with Crippen molar-refractivity contribution in [2.75, 3.05) is 16.8 Å². The molecule has 1 fully saturated rings. The largest absolute Gasteiger partial charge is 0.326 e. The van der Waals surface area contributed by atoms with Crippen LogP contribution in [-0.4, -0.2) is 18.4 Å². The van der Waals surface area contributed by atoms with Crippen molar-refractivity contribution in [2.24, 2.45) is 0 Å². The molecule has 1 atom stereocenters. The van der Waals surface area contributed by atoms with Crippen molar-refractivity contribution in [3.8, 4) is 0 Å². The van der Waals surface area contributed by atoms with Crippen LogP contribution < -0.4 is 10.2 Å². The molecular weight excluding hydrogens is 300 g/mol. The number of amides is 2. The van der Waals surface area contributed by atoms with E-state index in [2.05, 4.69) is 12.2 Å².